The minimum atomic E-state index is 0.0847. The van der Waals surface area contributed by atoms with E-state index < -0.39 is 0 Å². The van der Waals surface area contributed by atoms with Crippen LogP contribution in [0.4, 0.5) is 5.82 Å². The smallest absolute Gasteiger partial charge is 0.254 e. The van der Waals surface area contributed by atoms with Crippen molar-refractivity contribution in [1.82, 2.24) is 9.88 Å². The second kappa shape index (κ2) is 7.24. The molecule has 20 heavy (non-hydrogen) atoms. The Labute approximate surface area is 120 Å². The van der Waals surface area contributed by atoms with Crippen molar-refractivity contribution >= 4 is 11.7 Å². The maximum Gasteiger partial charge on any atom is 0.254 e. The third kappa shape index (κ3) is 3.70. The lowest BCUT2D eigenvalue weighted by Crippen LogP contribution is -2.40. The lowest BCUT2D eigenvalue weighted by molar-refractivity contribution is 0.0146. The second-order valence-electron chi connectivity index (χ2n) is 4.91. The summed E-state index contributed by atoms with van der Waals surface area (Å²) in [6.45, 7) is 7.09. The Kier molecular flexibility index (Phi) is 5.35. The lowest BCUT2D eigenvalue weighted by atomic mass is 10.1. The Balaban J connectivity index is 1.96. The molecule has 0 spiro atoms. The van der Waals surface area contributed by atoms with Crippen molar-refractivity contribution in [3.8, 4) is 0 Å². The van der Waals surface area contributed by atoms with Gasteiger partial charge in [0.1, 0.15) is 5.82 Å². The Morgan fingerprint density at radius 3 is 2.85 bits per heavy atom. The molecular weight excluding hydrogens is 254 g/mol. The second-order valence-corrected chi connectivity index (χ2v) is 4.91. The molecule has 1 amide bonds. The lowest BCUT2D eigenvalue weighted by Gasteiger charge is -2.31. The Bertz CT molecular complexity index is 442. The van der Waals surface area contributed by atoms with E-state index in [1.54, 1.807) is 12.3 Å². The molecule has 0 radical (unpaired) electrons. The van der Waals surface area contributed by atoms with Gasteiger partial charge < -0.3 is 15.0 Å². The van der Waals surface area contributed by atoms with Crippen LogP contribution in [0.15, 0.2) is 18.3 Å². The molecule has 1 aliphatic heterocycles. The highest BCUT2D eigenvalue weighted by Crippen LogP contribution is 2.17. The quantitative estimate of drug-likeness (QED) is 0.896. The molecule has 1 saturated heterocycles. The molecule has 2 rings (SSSR count). The largest absolute Gasteiger partial charge is 0.378 e. The van der Waals surface area contributed by atoms with E-state index in [0.717, 1.165) is 44.9 Å². The molecule has 1 fully saturated rings. The van der Waals surface area contributed by atoms with Crippen LogP contribution in [0.5, 0.6) is 0 Å². The predicted molar refractivity (Wildman–Crippen MR) is 79.0 cm³/mol. The van der Waals surface area contributed by atoms with Crippen LogP contribution in [-0.2, 0) is 4.74 Å². The van der Waals surface area contributed by atoms with Gasteiger partial charge in [-0.15, -0.1) is 0 Å². The number of nitrogens with one attached hydrogen (secondary N) is 1. The summed E-state index contributed by atoms with van der Waals surface area (Å²) in [7, 11) is 0. The van der Waals surface area contributed by atoms with Gasteiger partial charge in [0.15, 0.2) is 0 Å². The van der Waals surface area contributed by atoms with Crippen molar-refractivity contribution in [2.45, 2.75) is 32.8 Å². The molecular formula is C15H23N3O2. The van der Waals surface area contributed by atoms with Crippen molar-refractivity contribution < 1.29 is 9.53 Å². The van der Waals surface area contributed by atoms with Gasteiger partial charge in [0.25, 0.3) is 5.91 Å². The third-order valence-electron chi connectivity index (χ3n) is 3.50. The molecule has 1 N–H and O–H groups in total. The normalized spacial score (nSPS) is 16.2. The minimum absolute atomic E-state index is 0.0847. The van der Waals surface area contributed by atoms with E-state index in [1.807, 2.05) is 24.8 Å². The summed E-state index contributed by atoms with van der Waals surface area (Å²) in [6.07, 6.45) is 3.83. The summed E-state index contributed by atoms with van der Waals surface area (Å²) in [6, 6.07) is 3.60. The van der Waals surface area contributed by atoms with Gasteiger partial charge in [0.2, 0.25) is 0 Å². The van der Waals surface area contributed by atoms with Crippen LogP contribution in [0, 0.1) is 0 Å². The minimum Gasteiger partial charge on any atom is -0.378 e. The van der Waals surface area contributed by atoms with Crippen LogP contribution in [-0.4, -0.2) is 48.1 Å². The summed E-state index contributed by atoms with van der Waals surface area (Å²) < 4.78 is 5.61. The van der Waals surface area contributed by atoms with E-state index in [-0.39, 0.29) is 5.91 Å². The summed E-state index contributed by atoms with van der Waals surface area (Å²) in [5, 5.41) is 3.13. The van der Waals surface area contributed by atoms with Gasteiger partial charge in [0, 0.05) is 38.0 Å². The highest BCUT2D eigenvalue weighted by Gasteiger charge is 2.23. The summed E-state index contributed by atoms with van der Waals surface area (Å²) >= 11 is 0. The Morgan fingerprint density at radius 2 is 2.20 bits per heavy atom. The molecule has 0 bridgehead atoms. The number of hydrogen-bond donors (Lipinski definition) is 1. The van der Waals surface area contributed by atoms with Crippen molar-refractivity contribution in [2.75, 3.05) is 31.6 Å². The summed E-state index contributed by atoms with van der Waals surface area (Å²) in [4.78, 5) is 18.5. The Hall–Kier alpha value is -1.62. The zero-order chi connectivity index (χ0) is 14.4. The number of amides is 1. The zero-order valence-electron chi connectivity index (χ0n) is 12.3. The number of rotatable bonds is 5. The van der Waals surface area contributed by atoms with Gasteiger partial charge >= 0.3 is 0 Å². The zero-order valence-corrected chi connectivity index (χ0v) is 12.3. The average Bonchev–Trinajstić information content (AvgIpc) is 2.48. The molecule has 0 aliphatic carbocycles. The van der Waals surface area contributed by atoms with Gasteiger partial charge in [-0.05, 0) is 38.8 Å². The first kappa shape index (κ1) is 14.8. The van der Waals surface area contributed by atoms with Crippen LogP contribution in [0.3, 0.4) is 0 Å². The molecule has 0 saturated carbocycles. The third-order valence-corrected chi connectivity index (χ3v) is 3.50. The SMILES string of the molecule is CCNc1cc(C(=O)N2CCC(OCC)CC2)ccn1. The topological polar surface area (TPSA) is 54.5 Å². The molecule has 0 unspecified atom stereocenters. The van der Waals surface area contributed by atoms with Crippen LogP contribution < -0.4 is 5.32 Å². The molecule has 110 valence electrons. The van der Waals surface area contributed by atoms with E-state index in [0.29, 0.717) is 11.7 Å². The van der Waals surface area contributed by atoms with Crippen molar-refractivity contribution in [1.29, 1.82) is 0 Å². The van der Waals surface area contributed by atoms with Crippen molar-refractivity contribution in [3.05, 3.63) is 23.9 Å². The van der Waals surface area contributed by atoms with Gasteiger partial charge in [-0.3, -0.25) is 4.79 Å². The maximum absolute atomic E-state index is 12.5. The molecule has 1 aliphatic rings. The fourth-order valence-corrected chi connectivity index (χ4v) is 2.49. The number of nitrogens with zero attached hydrogens (tertiary/aromatic N) is 2. The van der Waals surface area contributed by atoms with Gasteiger partial charge in [-0.2, -0.15) is 0 Å². The first-order chi connectivity index (χ1) is 9.74. The van der Waals surface area contributed by atoms with E-state index in [1.165, 1.54) is 0 Å². The number of piperidine rings is 1. The van der Waals surface area contributed by atoms with Crippen LogP contribution in [0.25, 0.3) is 0 Å². The number of anilines is 1. The van der Waals surface area contributed by atoms with Crippen molar-refractivity contribution in [2.24, 2.45) is 0 Å². The van der Waals surface area contributed by atoms with Gasteiger partial charge in [-0.1, -0.05) is 0 Å². The van der Waals surface area contributed by atoms with E-state index in [2.05, 4.69) is 10.3 Å². The molecule has 0 atom stereocenters. The maximum atomic E-state index is 12.5. The monoisotopic (exact) mass is 277 g/mol. The van der Waals surface area contributed by atoms with E-state index >= 15 is 0 Å². The molecule has 0 aromatic carbocycles. The van der Waals surface area contributed by atoms with Gasteiger partial charge in [0.05, 0.1) is 6.10 Å². The van der Waals surface area contributed by atoms with Crippen molar-refractivity contribution in [3.63, 3.8) is 0 Å². The first-order valence-electron chi connectivity index (χ1n) is 7.35. The van der Waals surface area contributed by atoms with Crippen LogP contribution >= 0.6 is 0 Å². The molecule has 5 heteroatoms. The molecule has 1 aromatic heterocycles. The number of ether oxygens (including phenoxy) is 1. The molecule has 2 heterocycles. The summed E-state index contributed by atoms with van der Waals surface area (Å²) in [5.41, 5.74) is 0.700. The molecule has 1 aromatic rings. The number of carbonyl (C=O) groups is 1. The van der Waals surface area contributed by atoms with Gasteiger partial charge in [-0.25, -0.2) is 4.98 Å². The van der Waals surface area contributed by atoms with Crippen LogP contribution in [0.2, 0.25) is 0 Å². The fourth-order valence-electron chi connectivity index (χ4n) is 2.49. The fraction of sp³-hybridized carbons (Fsp3) is 0.600. The predicted octanol–water partition coefficient (Wildman–Crippen LogP) is 2.15. The molecule has 5 nitrogen and oxygen atoms in total. The standard InChI is InChI=1S/C15H23N3O2/c1-3-16-14-11-12(5-8-17-14)15(19)18-9-6-13(7-10-18)20-4-2/h5,8,11,13H,3-4,6-7,9-10H2,1-2H3,(H,16,17). The van der Waals surface area contributed by atoms with E-state index in [9.17, 15) is 4.79 Å². The average molecular weight is 277 g/mol. The number of carbonyl (C=O) groups excluding carboxylic acids is 1. The Morgan fingerprint density at radius 1 is 1.45 bits per heavy atom. The number of aromatic nitrogens is 1. The highest BCUT2D eigenvalue weighted by molar-refractivity contribution is 5.94. The highest BCUT2D eigenvalue weighted by atomic mass is 16.5. The number of hydrogen-bond acceptors (Lipinski definition) is 4. The van der Waals surface area contributed by atoms with Crippen LogP contribution in [0.1, 0.15) is 37.0 Å². The van der Waals surface area contributed by atoms with E-state index in [4.69, 9.17) is 4.74 Å². The number of likely N-dealkylation sites (tertiary alicyclic amines) is 1. The first-order valence-corrected chi connectivity index (χ1v) is 7.35. The number of pyridine rings is 1. The summed E-state index contributed by atoms with van der Waals surface area (Å²) in [5.74, 6) is 0.837.